The molecule has 0 amide bonds. The number of rotatable bonds is 6. The Morgan fingerprint density at radius 3 is 1.63 bits per heavy atom. The van der Waals surface area contributed by atoms with E-state index in [0.717, 1.165) is 0 Å². The van der Waals surface area contributed by atoms with Gasteiger partial charge in [0.2, 0.25) is 0 Å². The fourth-order valence-electron chi connectivity index (χ4n) is 2.21. The van der Waals surface area contributed by atoms with Crippen LogP contribution in [-0.2, 0) is 9.59 Å². The molecule has 0 spiro atoms. The van der Waals surface area contributed by atoms with Gasteiger partial charge in [-0.05, 0) is 18.3 Å². The van der Waals surface area contributed by atoms with Crippen molar-refractivity contribution in [3.8, 4) is 0 Å². The Balaban J connectivity index is 5.02. The maximum absolute atomic E-state index is 13.1. The molecule has 0 aliphatic rings. The third-order valence-corrected chi connectivity index (χ3v) is 3.37. The van der Waals surface area contributed by atoms with Gasteiger partial charge in [0.1, 0.15) is 11.2 Å². The zero-order valence-corrected chi connectivity index (χ0v) is 12.3. The van der Waals surface area contributed by atoms with Crippen LogP contribution in [0.25, 0.3) is 0 Å². The lowest BCUT2D eigenvalue weighted by molar-refractivity contribution is -0.222. The number of hydrogen-bond donors (Lipinski definition) is 0. The summed E-state index contributed by atoms with van der Waals surface area (Å²) >= 11 is 0. The van der Waals surface area contributed by atoms with Crippen molar-refractivity contribution in [3.63, 3.8) is 0 Å². The minimum absolute atomic E-state index is 0.111. The second-order valence-corrected chi connectivity index (χ2v) is 6.16. The molecule has 0 unspecified atom stereocenters. The van der Waals surface area contributed by atoms with E-state index in [1.165, 1.54) is 13.8 Å². The van der Waals surface area contributed by atoms with Gasteiger partial charge in [0, 0.05) is 6.42 Å². The van der Waals surface area contributed by atoms with Gasteiger partial charge in [-0.1, -0.05) is 34.6 Å². The lowest BCUT2D eigenvalue weighted by Crippen LogP contribution is -2.45. The van der Waals surface area contributed by atoms with E-state index in [1.807, 2.05) is 20.8 Å². The first kappa shape index (κ1) is 18.1. The topological polar surface area (TPSA) is 34.1 Å². The summed E-state index contributed by atoms with van der Waals surface area (Å²) in [7, 11) is 0. The molecule has 0 N–H and O–H groups in total. The Bertz CT molecular complexity index is 334. The summed E-state index contributed by atoms with van der Waals surface area (Å²) in [4.78, 5) is 23.6. The molecule has 19 heavy (non-hydrogen) atoms. The maximum Gasteiger partial charge on any atom is 0.401 e. The van der Waals surface area contributed by atoms with E-state index in [2.05, 4.69) is 0 Å². The van der Waals surface area contributed by atoms with Crippen molar-refractivity contribution in [2.45, 2.75) is 66.5 Å². The first-order chi connectivity index (χ1) is 8.39. The van der Waals surface area contributed by atoms with Crippen LogP contribution >= 0.6 is 0 Å². The van der Waals surface area contributed by atoms with E-state index in [-0.39, 0.29) is 24.7 Å². The minimum Gasteiger partial charge on any atom is -0.299 e. The molecule has 0 aliphatic heterocycles. The maximum atomic E-state index is 13.1. The van der Waals surface area contributed by atoms with Crippen LogP contribution < -0.4 is 0 Å². The molecule has 0 radical (unpaired) electrons. The molecule has 0 aliphatic carbocycles. The number of carbonyl (C=O) groups is 2. The molecule has 0 aromatic heterocycles. The predicted octanol–water partition coefficient (Wildman–Crippen LogP) is 4.32. The van der Waals surface area contributed by atoms with Crippen LogP contribution in [0.2, 0.25) is 0 Å². The van der Waals surface area contributed by atoms with Gasteiger partial charge in [0.05, 0.1) is 6.42 Å². The van der Waals surface area contributed by atoms with E-state index in [1.54, 1.807) is 0 Å². The van der Waals surface area contributed by atoms with Gasteiger partial charge in [0.25, 0.3) is 0 Å². The van der Waals surface area contributed by atoms with E-state index >= 15 is 0 Å². The Kier molecular flexibility index (Phi) is 5.78. The van der Waals surface area contributed by atoms with Crippen molar-refractivity contribution < 1.29 is 22.8 Å². The Morgan fingerprint density at radius 2 is 1.37 bits per heavy atom. The van der Waals surface area contributed by atoms with Crippen LogP contribution in [-0.4, -0.2) is 17.7 Å². The summed E-state index contributed by atoms with van der Waals surface area (Å²) < 4.78 is 39.2. The van der Waals surface area contributed by atoms with Gasteiger partial charge in [-0.2, -0.15) is 13.2 Å². The summed E-state index contributed by atoms with van der Waals surface area (Å²) in [6.07, 6.45) is -5.77. The molecule has 0 saturated carbocycles. The molecule has 5 heteroatoms. The molecule has 0 rings (SSSR count). The van der Waals surface area contributed by atoms with Gasteiger partial charge in [-0.3, -0.25) is 9.59 Å². The quantitative estimate of drug-likeness (QED) is 0.679. The second-order valence-electron chi connectivity index (χ2n) is 6.16. The van der Waals surface area contributed by atoms with Crippen molar-refractivity contribution in [1.29, 1.82) is 0 Å². The van der Waals surface area contributed by atoms with Gasteiger partial charge in [-0.25, -0.2) is 0 Å². The minimum atomic E-state index is -4.60. The molecule has 0 saturated heterocycles. The van der Waals surface area contributed by atoms with Crippen LogP contribution in [0.3, 0.4) is 0 Å². The van der Waals surface area contributed by atoms with E-state index in [4.69, 9.17) is 0 Å². The van der Waals surface area contributed by atoms with Crippen molar-refractivity contribution in [3.05, 3.63) is 0 Å². The highest BCUT2D eigenvalue weighted by Crippen LogP contribution is 2.45. The zero-order valence-electron chi connectivity index (χ0n) is 12.3. The average molecular weight is 280 g/mol. The van der Waals surface area contributed by atoms with Crippen LogP contribution in [0.1, 0.15) is 60.3 Å². The second kappa shape index (κ2) is 6.06. The first-order valence-corrected chi connectivity index (χ1v) is 6.51. The SMILES string of the molecule is CCC(CC)(C(=O)CC(=O)CC(C)(C)C)C(F)(F)F. The van der Waals surface area contributed by atoms with Crippen molar-refractivity contribution in [2.75, 3.05) is 0 Å². The number of halogens is 3. The van der Waals surface area contributed by atoms with Gasteiger partial charge >= 0.3 is 6.18 Å². The third-order valence-electron chi connectivity index (χ3n) is 3.37. The number of alkyl halides is 3. The van der Waals surface area contributed by atoms with Gasteiger partial charge < -0.3 is 0 Å². The lowest BCUT2D eigenvalue weighted by atomic mass is 9.75. The van der Waals surface area contributed by atoms with Crippen molar-refractivity contribution >= 4 is 11.6 Å². The molecule has 112 valence electrons. The first-order valence-electron chi connectivity index (χ1n) is 6.51. The predicted molar refractivity (Wildman–Crippen MR) is 67.8 cm³/mol. The molecule has 0 aromatic carbocycles. The molecule has 0 atom stereocenters. The summed E-state index contributed by atoms with van der Waals surface area (Å²) in [5, 5.41) is 0. The summed E-state index contributed by atoms with van der Waals surface area (Å²) in [5.74, 6) is -1.42. The van der Waals surface area contributed by atoms with E-state index < -0.39 is 29.6 Å². The Hall–Kier alpha value is -0.870. The Morgan fingerprint density at radius 1 is 0.947 bits per heavy atom. The van der Waals surface area contributed by atoms with Crippen LogP contribution in [0.4, 0.5) is 13.2 Å². The average Bonchev–Trinajstić information content (AvgIpc) is 2.14. The highest BCUT2D eigenvalue weighted by Gasteiger charge is 2.57. The molecule has 0 bridgehead atoms. The van der Waals surface area contributed by atoms with Crippen LogP contribution in [0.15, 0.2) is 0 Å². The van der Waals surface area contributed by atoms with Crippen molar-refractivity contribution in [2.24, 2.45) is 10.8 Å². The van der Waals surface area contributed by atoms with Gasteiger partial charge in [0.15, 0.2) is 5.78 Å². The fraction of sp³-hybridized carbons (Fsp3) is 0.857. The summed E-state index contributed by atoms with van der Waals surface area (Å²) in [6, 6.07) is 0. The molecular weight excluding hydrogens is 257 g/mol. The highest BCUT2D eigenvalue weighted by atomic mass is 19.4. The normalized spacial score (nSPS) is 13.5. The van der Waals surface area contributed by atoms with Crippen LogP contribution in [0.5, 0.6) is 0 Å². The van der Waals surface area contributed by atoms with Crippen molar-refractivity contribution in [1.82, 2.24) is 0 Å². The largest absolute Gasteiger partial charge is 0.401 e. The zero-order chi connectivity index (χ0) is 15.5. The standard InChI is InChI=1S/C14H23F3O2/c1-6-13(7-2,14(15,16)17)11(19)8-10(18)9-12(3,4)5/h6-9H2,1-5H3. The number of Topliss-reactive ketones (excluding diaryl/α,β-unsaturated/α-hetero) is 2. The third kappa shape index (κ3) is 4.62. The number of ketones is 2. The molecule has 0 heterocycles. The molecule has 0 fully saturated rings. The Labute approximate surface area is 112 Å². The fourth-order valence-corrected chi connectivity index (χ4v) is 2.21. The summed E-state index contributed by atoms with van der Waals surface area (Å²) in [6.45, 7) is 8.11. The monoisotopic (exact) mass is 280 g/mol. The molecule has 2 nitrogen and oxygen atoms in total. The highest BCUT2D eigenvalue weighted by molar-refractivity contribution is 6.02. The number of carbonyl (C=O) groups excluding carboxylic acids is 2. The van der Waals surface area contributed by atoms with Crippen LogP contribution in [0, 0.1) is 10.8 Å². The van der Waals surface area contributed by atoms with E-state index in [0.29, 0.717) is 0 Å². The summed E-state index contributed by atoms with van der Waals surface area (Å²) in [5.41, 5.74) is -2.70. The van der Waals surface area contributed by atoms with E-state index in [9.17, 15) is 22.8 Å². The lowest BCUT2D eigenvalue weighted by Gasteiger charge is -2.32. The smallest absolute Gasteiger partial charge is 0.299 e. The van der Waals surface area contributed by atoms with Gasteiger partial charge in [-0.15, -0.1) is 0 Å². The number of hydrogen-bond acceptors (Lipinski definition) is 2. The molecule has 0 aromatic rings. The molecular formula is C14H23F3O2.